The van der Waals surface area contributed by atoms with Gasteiger partial charge in [0.15, 0.2) is 0 Å². The summed E-state index contributed by atoms with van der Waals surface area (Å²) >= 11 is 1.48. The highest BCUT2D eigenvalue weighted by Gasteiger charge is 2.25. The molecule has 1 N–H and O–H groups in total. The number of hydrogen-bond acceptors (Lipinski definition) is 6. The minimum Gasteiger partial charge on any atom is -0.462 e. The molecule has 3 rings (SSSR count). The van der Waals surface area contributed by atoms with Crippen molar-refractivity contribution in [3.8, 4) is 10.6 Å². The van der Waals surface area contributed by atoms with Crippen molar-refractivity contribution in [3.63, 3.8) is 0 Å². The Balaban J connectivity index is 2.08. The molecule has 1 aliphatic rings. The lowest BCUT2D eigenvalue weighted by Crippen LogP contribution is -2.12. The maximum atomic E-state index is 12.4. The van der Waals surface area contributed by atoms with E-state index >= 15 is 0 Å². The van der Waals surface area contributed by atoms with Crippen LogP contribution in [0.5, 0.6) is 0 Å². The van der Waals surface area contributed by atoms with Gasteiger partial charge in [-0.1, -0.05) is 0 Å². The van der Waals surface area contributed by atoms with Gasteiger partial charge in [-0.05, 0) is 44.4 Å². The Morgan fingerprint density at radius 1 is 1.46 bits per heavy atom. The fourth-order valence-electron chi connectivity index (χ4n) is 2.89. The maximum absolute atomic E-state index is 12.4. The first-order chi connectivity index (χ1) is 11.5. The highest BCUT2D eigenvalue weighted by molar-refractivity contribution is 7.15. The normalized spacial score (nSPS) is 16.6. The van der Waals surface area contributed by atoms with Crippen molar-refractivity contribution in [1.82, 2.24) is 4.98 Å². The lowest BCUT2D eigenvalue weighted by atomic mass is 10.0. The van der Waals surface area contributed by atoms with Gasteiger partial charge < -0.3 is 14.7 Å². The molecular weight excluding hydrogens is 324 g/mol. The van der Waals surface area contributed by atoms with Gasteiger partial charge in [-0.3, -0.25) is 0 Å². The molecule has 24 heavy (non-hydrogen) atoms. The minimum atomic E-state index is -0.438. The average molecular weight is 346 g/mol. The van der Waals surface area contributed by atoms with Gasteiger partial charge in [0.25, 0.3) is 0 Å². The number of aromatic nitrogens is 1. The molecule has 2 aromatic rings. The monoisotopic (exact) mass is 346 g/mol. The molecular formula is C18H22N2O3S. The van der Waals surface area contributed by atoms with Crippen molar-refractivity contribution in [1.29, 1.82) is 0 Å². The van der Waals surface area contributed by atoms with Crippen LogP contribution in [0.25, 0.3) is 10.6 Å². The summed E-state index contributed by atoms with van der Waals surface area (Å²) in [5.74, 6) is -0.343. The van der Waals surface area contributed by atoms with Crippen LogP contribution in [0.1, 0.15) is 46.8 Å². The summed E-state index contributed by atoms with van der Waals surface area (Å²) in [5.41, 5.74) is 3.18. The summed E-state index contributed by atoms with van der Waals surface area (Å²) in [6.07, 6.45) is 2.17. The molecule has 0 aliphatic heterocycles. The number of benzene rings is 1. The van der Waals surface area contributed by atoms with E-state index in [-0.39, 0.29) is 5.97 Å². The molecule has 1 aromatic heterocycles. The predicted octanol–water partition coefficient (Wildman–Crippen LogP) is 3.42. The molecule has 0 saturated carbocycles. The SMILES string of the molecule is CCOC(=O)c1cc(N(C)C)ccc1-c1nc2c(s1)C(O)CCC2. The molecule has 0 amide bonds. The van der Waals surface area contributed by atoms with Gasteiger partial charge in [-0.2, -0.15) is 0 Å². The number of rotatable bonds is 4. The average Bonchev–Trinajstić information content (AvgIpc) is 3.00. The van der Waals surface area contributed by atoms with E-state index in [1.165, 1.54) is 11.3 Å². The summed E-state index contributed by atoms with van der Waals surface area (Å²) in [6.45, 7) is 2.13. The summed E-state index contributed by atoms with van der Waals surface area (Å²) < 4.78 is 5.22. The molecule has 0 spiro atoms. The zero-order chi connectivity index (χ0) is 17.3. The van der Waals surface area contributed by atoms with Crippen LogP contribution in [0.3, 0.4) is 0 Å². The van der Waals surface area contributed by atoms with Gasteiger partial charge in [0, 0.05) is 25.3 Å². The van der Waals surface area contributed by atoms with E-state index in [9.17, 15) is 9.90 Å². The van der Waals surface area contributed by atoms with E-state index in [2.05, 4.69) is 4.98 Å². The number of anilines is 1. The Morgan fingerprint density at radius 2 is 2.25 bits per heavy atom. The number of carbonyl (C=O) groups excluding carboxylic acids is 1. The molecule has 5 nitrogen and oxygen atoms in total. The van der Waals surface area contributed by atoms with Crippen molar-refractivity contribution >= 4 is 23.0 Å². The number of carbonyl (C=O) groups is 1. The third-order valence-electron chi connectivity index (χ3n) is 4.17. The van der Waals surface area contributed by atoms with Gasteiger partial charge >= 0.3 is 5.97 Å². The van der Waals surface area contributed by atoms with E-state index in [1.807, 2.05) is 37.2 Å². The molecule has 128 valence electrons. The van der Waals surface area contributed by atoms with Crippen molar-refractivity contribution in [2.24, 2.45) is 0 Å². The fraction of sp³-hybridized carbons (Fsp3) is 0.444. The second-order valence-electron chi connectivity index (χ2n) is 6.08. The standard InChI is InChI=1S/C18H22N2O3S/c1-4-23-18(22)13-10-11(20(2)3)8-9-12(13)17-19-14-6-5-7-15(21)16(14)24-17/h8-10,15,21H,4-7H2,1-3H3. The number of aliphatic hydroxyl groups excluding tert-OH is 1. The lowest BCUT2D eigenvalue weighted by Gasteiger charge is -2.15. The Morgan fingerprint density at radius 3 is 2.92 bits per heavy atom. The number of thiazole rings is 1. The van der Waals surface area contributed by atoms with Crippen LogP contribution >= 0.6 is 11.3 Å². The highest BCUT2D eigenvalue weighted by atomic mass is 32.1. The van der Waals surface area contributed by atoms with Crippen molar-refractivity contribution in [2.75, 3.05) is 25.6 Å². The van der Waals surface area contributed by atoms with Gasteiger partial charge in [-0.25, -0.2) is 9.78 Å². The van der Waals surface area contributed by atoms with Crippen LogP contribution in [0, 0.1) is 0 Å². The molecule has 0 bridgehead atoms. The number of nitrogens with zero attached hydrogens (tertiary/aromatic N) is 2. The van der Waals surface area contributed by atoms with Crippen LogP contribution in [-0.2, 0) is 11.2 Å². The second-order valence-corrected chi connectivity index (χ2v) is 7.11. The first kappa shape index (κ1) is 16.9. The first-order valence-corrected chi connectivity index (χ1v) is 8.99. The van der Waals surface area contributed by atoms with E-state index in [0.717, 1.165) is 46.1 Å². The third kappa shape index (κ3) is 3.16. The maximum Gasteiger partial charge on any atom is 0.338 e. The van der Waals surface area contributed by atoms with Crippen LogP contribution in [0.15, 0.2) is 18.2 Å². The number of esters is 1. The van der Waals surface area contributed by atoms with Crippen molar-refractivity contribution in [2.45, 2.75) is 32.3 Å². The predicted molar refractivity (Wildman–Crippen MR) is 95.7 cm³/mol. The van der Waals surface area contributed by atoms with Crippen molar-refractivity contribution in [3.05, 3.63) is 34.3 Å². The number of hydrogen-bond donors (Lipinski definition) is 1. The molecule has 0 radical (unpaired) electrons. The molecule has 1 aliphatic carbocycles. The Hall–Kier alpha value is -1.92. The zero-order valence-electron chi connectivity index (χ0n) is 14.2. The van der Waals surface area contributed by atoms with Gasteiger partial charge in [0.1, 0.15) is 5.01 Å². The molecule has 1 unspecified atom stereocenters. The Kier molecular flexibility index (Phi) is 4.87. The fourth-order valence-corrected chi connectivity index (χ4v) is 4.06. The van der Waals surface area contributed by atoms with Gasteiger partial charge in [0.2, 0.25) is 0 Å². The minimum absolute atomic E-state index is 0.331. The van der Waals surface area contributed by atoms with Crippen molar-refractivity contribution < 1.29 is 14.6 Å². The van der Waals surface area contributed by atoms with E-state index in [4.69, 9.17) is 4.74 Å². The number of fused-ring (bicyclic) bond motifs is 1. The van der Waals surface area contributed by atoms with Gasteiger partial charge in [0.05, 0.1) is 28.8 Å². The molecule has 0 saturated heterocycles. The Bertz CT molecular complexity index is 755. The van der Waals surface area contributed by atoms with E-state index in [0.29, 0.717) is 12.2 Å². The van der Waals surface area contributed by atoms with Gasteiger partial charge in [-0.15, -0.1) is 11.3 Å². The van der Waals surface area contributed by atoms with E-state index in [1.54, 1.807) is 6.92 Å². The molecule has 1 aromatic carbocycles. The summed E-state index contributed by atoms with van der Waals surface area (Å²) in [6, 6.07) is 5.72. The molecule has 1 heterocycles. The van der Waals surface area contributed by atoms with E-state index < -0.39 is 6.10 Å². The number of ether oxygens (including phenoxy) is 1. The van der Waals surface area contributed by atoms with Crippen LogP contribution in [0.4, 0.5) is 5.69 Å². The second kappa shape index (κ2) is 6.91. The highest BCUT2D eigenvalue weighted by Crippen LogP contribution is 2.39. The number of aliphatic hydroxyl groups is 1. The topological polar surface area (TPSA) is 62.7 Å². The zero-order valence-corrected chi connectivity index (χ0v) is 15.0. The summed E-state index contributed by atoms with van der Waals surface area (Å²) in [7, 11) is 3.87. The third-order valence-corrected chi connectivity index (χ3v) is 5.40. The number of aryl methyl sites for hydroxylation is 1. The molecule has 6 heteroatoms. The lowest BCUT2D eigenvalue weighted by molar-refractivity contribution is 0.0527. The van der Waals surface area contributed by atoms with Crippen LogP contribution in [0.2, 0.25) is 0 Å². The van der Waals surface area contributed by atoms with Crippen LogP contribution < -0.4 is 4.90 Å². The molecule has 1 atom stereocenters. The molecule has 0 fully saturated rings. The first-order valence-electron chi connectivity index (χ1n) is 8.17. The van der Waals surface area contributed by atoms with Crippen LogP contribution in [-0.4, -0.2) is 36.8 Å². The summed E-state index contributed by atoms with van der Waals surface area (Å²) in [5, 5.41) is 10.9. The quantitative estimate of drug-likeness (QED) is 0.860. The Labute approximate surface area is 145 Å². The summed E-state index contributed by atoms with van der Waals surface area (Å²) in [4.78, 5) is 20.0. The smallest absolute Gasteiger partial charge is 0.338 e. The largest absolute Gasteiger partial charge is 0.462 e.